The van der Waals surface area contributed by atoms with E-state index in [1.165, 1.54) is 0 Å². The lowest BCUT2D eigenvalue weighted by atomic mass is 9.95. The van der Waals surface area contributed by atoms with Gasteiger partial charge < -0.3 is 9.64 Å². The van der Waals surface area contributed by atoms with Gasteiger partial charge in [0.15, 0.2) is 0 Å². The Morgan fingerprint density at radius 2 is 2.25 bits per heavy atom. The summed E-state index contributed by atoms with van der Waals surface area (Å²) in [5.41, 5.74) is -0.420. The minimum Gasteiger partial charge on any atom is -0.444 e. The molecule has 0 aliphatic carbocycles. The highest BCUT2D eigenvalue weighted by Crippen LogP contribution is 2.21. The van der Waals surface area contributed by atoms with Crippen LogP contribution in [0.25, 0.3) is 0 Å². The predicted octanol–water partition coefficient (Wildman–Crippen LogP) is 2.66. The van der Waals surface area contributed by atoms with Crippen molar-refractivity contribution in [2.75, 3.05) is 13.1 Å². The van der Waals surface area contributed by atoms with Crippen molar-refractivity contribution in [1.82, 2.24) is 4.90 Å². The lowest BCUT2D eigenvalue weighted by Gasteiger charge is -2.33. The number of rotatable bonds is 1. The normalized spacial score (nSPS) is 21.4. The van der Waals surface area contributed by atoms with E-state index in [-0.39, 0.29) is 6.09 Å². The summed E-state index contributed by atoms with van der Waals surface area (Å²) in [5, 5.41) is 0. The molecular formula is C13H21NO2. The van der Waals surface area contributed by atoms with E-state index in [4.69, 9.17) is 11.2 Å². The maximum atomic E-state index is 11.8. The highest BCUT2D eigenvalue weighted by Gasteiger charge is 2.26. The summed E-state index contributed by atoms with van der Waals surface area (Å²) in [5.74, 6) is 3.10. The van der Waals surface area contributed by atoms with E-state index in [0.29, 0.717) is 5.92 Å². The zero-order valence-electron chi connectivity index (χ0n) is 10.5. The first-order valence-electron chi connectivity index (χ1n) is 5.84. The second-order valence-electron chi connectivity index (χ2n) is 5.34. The van der Waals surface area contributed by atoms with Crippen LogP contribution in [0.2, 0.25) is 0 Å². The molecule has 3 nitrogen and oxygen atoms in total. The van der Waals surface area contributed by atoms with E-state index in [9.17, 15) is 4.79 Å². The minimum atomic E-state index is -0.420. The van der Waals surface area contributed by atoms with Crippen molar-refractivity contribution in [3.63, 3.8) is 0 Å². The number of likely N-dealkylation sites (tertiary alicyclic amines) is 1. The number of hydrogen-bond acceptors (Lipinski definition) is 2. The third kappa shape index (κ3) is 4.14. The fraction of sp³-hybridized carbons (Fsp3) is 0.769. The molecule has 1 rings (SSSR count). The van der Waals surface area contributed by atoms with Gasteiger partial charge in [-0.25, -0.2) is 4.79 Å². The van der Waals surface area contributed by atoms with Crippen LogP contribution in [0.5, 0.6) is 0 Å². The van der Waals surface area contributed by atoms with E-state index in [1.54, 1.807) is 4.90 Å². The molecule has 1 heterocycles. The van der Waals surface area contributed by atoms with Crippen LogP contribution in [0.15, 0.2) is 0 Å². The standard InChI is InChI=1S/C13H21NO2/c1-5-7-11-8-6-9-14(10-11)12(15)16-13(2,3)4/h1,11H,6-10H2,2-4H3/t11-/m1/s1. The van der Waals surface area contributed by atoms with E-state index in [1.807, 2.05) is 20.8 Å². The molecule has 1 aliphatic rings. The first-order valence-corrected chi connectivity index (χ1v) is 5.84. The number of carbonyl (C=O) groups excluding carboxylic acids is 1. The molecule has 1 saturated heterocycles. The number of amides is 1. The van der Waals surface area contributed by atoms with Gasteiger partial charge in [-0.3, -0.25) is 0 Å². The van der Waals surface area contributed by atoms with Crippen LogP contribution in [-0.4, -0.2) is 29.7 Å². The topological polar surface area (TPSA) is 29.5 Å². The summed E-state index contributed by atoms with van der Waals surface area (Å²) in [6.07, 6.45) is 7.97. The van der Waals surface area contributed by atoms with Gasteiger partial charge in [-0.15, -0.1) is 12.3 Å². The molecule has 90 valence electrons. The monoisotopic (exact) mass is 223 g/mol. The molecular weight excluding hydrogens is 202 g/mol. The van der Waals surface area contributed by atoms with Gasteiger partial charge in [0.2, 0.25) is 0 Å². The Hall–Kier alpha value is -1.17. The molecule has 0 radical (unpaired) electrons. The zero-order valence-corrected chi connectivity index (χ0v) is 10.5. The lowest BCUT2D eigenvalue weighted by molar-refractivity contribution is 0.0168. The van der Waals surface area contributed by atoms with Gasteiger partial charge in [-0.1, -0.05) is 0 Å². The molecule has 0 aromatic heterocycles. The molecule has 1 atom stereocenters. The average molecular weight is 223 g/mol. The highest BCUT2D eigenvalue weighted by atomic mass is 16.6. The van der Waals surface area contributed by atoms with Crippen LogP contribution in [0.4, 0.5) is 4.79 Å². The second kappa shape index (κ2) is 5.25. The quantitative estimate of drug-likeness (QED) is 0.640. The Bertz CT molecular complexity index is 285. The molecule has 0 spiro atoms. The predicted molar refractivity (Wildman–Crippen MR) is 64.0 cm³/mol. The molecule has 0 saturated carbocycles. The SMILES string of the molecule is C#CC[C@@H]1CCCN(C(=O)OC(C)(C)C)C1. The zero-order chi connectivity index (χ0) is 12.2. The smallest absolute Gasteiger partial charge is 0.410 e. The molecule has 0 N–H and O–H groups in total. The Kier molecular flexibility index (Phi) is 4.23. The number of terminal acetylenes is 1. The van der Waals surface area contributed by atoms with Crippen LogP contribution >= 0.6 is 0 Å². The fourth-order valence-corrected chi connectivity index (χ4v) is 1.89. The van der Waals surface area contributed by atoms with Crippen molar-refractivity contribution < 1.29 is 9.53 Å². The van der Waals surface area contributed by atoms with Gasteiger partial charge in [0.1, 0.15) is 5.60 Å². The summed E-state index contributed by atoms with van der Waals surface area (Å²) in [4.78, 5) is 13.6. The summed E-state index contributed by atoms with van der Waals surface area (Å²) >= 11 is 0. The van der Waals surface area contributed by atoms with E-state index in [2.05, 4.69) is 5.92 Å². The molecule has 0 unspecified atom stereocenters. The van der Waals surface area contributed by atoms with Crippen molar-refractivity contribution in [1.29, 1.82) is 0 Å². The van der Waals surface area contributed by atoms with E-state index < -0.39 is 5.60 Å². The lowest BCUT2D eigenvalue weighted by Crippen LogP contribution is -2.42. The van der Waals surface area contributed by atoms with Crippen LogP contribution < -0.4 is 0 Å². The molecule has 16 heavy (non-hydrogen) atoms. The molecule has 1 fully saturated rings. The van der Waals surface area contributed by atoms with Crippen molar-refractivity contribution in [3.8, 4) is 12.3 Å². The Labute approximate surface area is 98.1 Å². The van der Waals surface area contributed by atoms with Crippen molar-refractivity contribution in [2.45, 2.75) is 45.6 Å². The van der Waals surface area contributed by atoms with Crippen molar-refractivity contribution in [3.05, 3.63) is 0 Å². The maximum Gasteiger partial charge on any atom is 0.410 e. The average Bonchev–Trinajstić information content (AvgIpc) is 2.16. The molecule has 0 bridgehead atoms. The second-order valence-corrected chi connectivity index (χ2v) is 5.34. The summed E-state index contributed by atoms with van der Waals surface area (Å²) in [7, 11) is 0. The largest absolute Gasteiger partial charge is 0.444 e. The van der Waals surface area contributed by atoms with Crippen LogP contribution in [0.3, 0.4) is 0 Å². The van der Waals surface area contributed by atoms with Crippen molar-refractivity contribution >= 4 is 6.09 Å². The van der Waals surface area contributed by atoms with Crippen LogP contribution in [0.1, 0.15) is 40.0 Å². The number of piperidine rings is 1. The Morgan fingerprint density at radius 3 is 2.81 bits per heavy atom. The third-order valence-electron chi connectivity index (χ3n) is 2.58. The van der Waals surface area contributed by atoms with Crippen LogP contribution in [0, 0.1) is 18.3 Å². The maximum absolute atomic E-state index is 11.8. The molecule has 1 amide bonds. The van der Waals surface area contributed by atoms with Gasteiger partial charge in [-0.2, -0.15) is 0 Å². The molecule has 0 aromatic carbocycles. The molecule has 1 aliphatic heterocycles. The van der Waals surface area contributed by atoms with Gasteiger partial charge in [0, 0.05) is 19.5 Å². The summed E-state index contributed by atoms with van der Waals surface area (Å²) < 4.78 is 5.34. The van der Waals surface area contributed by atoms with E-state index in [0.717, 1.165) is 32.4 Å². The van der Waals surface area contributed by atoms with Crippen molar-refractivity contribution in [2.24, 2.45) is 5.92 Å². The van der Waals surface area contributed by atoms with Crippen LogP contribution in [-0.2, 0) is 4.74 Å². The van der Waals surface area contributed by atoms with Gasteiger partial charge in [0.25, 0.3) is 0 Å². The Balaban J connectivity index is 2.48. The third-order valence-corrected chi connectivity index (χ3v) is 2.58. The first-order chi connectivity index (χ1) is 7.42. The Morgan fingerprint density at radius 1 is 1.56 bits per heavy atom. The van der Waals surface area contributed by atoms with Gasteiger partial charge >= 0.3 is 6.09 Å². The summed E-state index contributed by atoms with van der Waals surface area (Å²) in [6, 6.07) is 0. The fourth-order valence-electron chi connectivity index (χ4n) is 1.89. The minimum absolute atomic E-state index is 0.214. The van der Waals surface area contributed by atoms with E-state index >= 15 is 0 Å². The molecule has 3 heteroatoms. The number of nitrogens with zero attached hydrogens (tertiary/aromatic N) is 1. The van der Waals surface area contributed by atoms with Gasteiger partial charge in [-0.05, 0) is 39.5 Å². The van der Waals surface area contributed by atoms with Gasteiger partial charge in [0.05, 0.1) is 0 Å². The number of hydrogen-bond donors (Lipinski definition) is 0. The number of carbonyl (C=O) groups is 1. The molecule has 0 aromatic rings. The highest BCUT2D eigenvalue weighted by molar-refractivity contribution is 5.68. The first kappa shape index (κ1) is 12.9. The number of ether oxygens (including phenoxy) is 1. The summed E-state index contributed by atoms with van der Waals surface area (Å²) in [6.45, 7) is 7.17.